The molecule has 8 heteroatoms. The Morgan fingerprint density at radius 1 is 1.09 bits per heavy atom. The second kappa shape index (κ2) is 9.65. The highest BCUT2D eigenvalue weighted by molar-refractivity contribution is 7.89. The first kappa shape index (κ1) is 24.0. The largest absolute Gasteiger partial charge is 0.487 e. The van der Waals surface area contributed by atoms with Crippen LogP contribution < -0.4 is 10.1 Å². The quantitative estimate of drug-likeness (QED) is 0.622. The summed E-state index contributed by atoms with van der Waals surface area (Å²) in [6.45, 7) is 4.88. The molecule has 1 unspecified atom stereocenters. The van der Waals surface area contributed by atoms with Gasteiger partial charge in [0.15, 0.2) is 0 Å². The van der Waals surface area contributed by atoms with E-state index in [-0.39, 0.29) is 28.4 Å². The molecule has 0 spiro atoms. The number of sulfonamides is 1. The molecule has 1 N–H and O–H groups in total. The van der Waals surface area contributed by atoms with Gasteiger partial charge in [0.2, 0.25) is 15.9 Å². The number of ether oxygens (including phenoxy) is 1. The molecule has 1 fully saturated rings. The molecular weight excluding hydrogens is 460 g/mol. The maximum absolute atomic E-state index is 13.2. The SMILES string of the molecule is CCC1(CC)CC(NC(=O)C2CCN(S(=O)(=O)c3ccc(Cl)cc3)CC2)c2ccccc2O1. The number of para-hydroxylation sites is 1. The van der Waals surface area contributed by atoms with Gasteiger partial charge in [-0.15, -0.1) is 0 Å². The van der Waals surface area contributed by atoms with Crippen molar-refractivity contribution >= 4 is 27.5 Å². The Morgan fingerprint density at radius 3 is 2.36 bits per heavy atom. The molecule has 0 radical (unpaired) electrons. The van der Waals surface area contributed by atoms with Gasteiger partial charge in [-0.3, -0.25) is 4.79 Å². The topological polar surface area (TPSA) is 75.7 Å². The van der Waals surface area contributed by atoms with E-state index in [1.807, 2.05) is 24.3 Å². The van der Waals surface area contributed by atoms with Crippen molar-refractivity contribution in [1.82, 2.24) is 9.62 Å². The van der Waals surface area contributed by atoms with Crippen molar-refractivity contribution in [2.24, 2.45) is 5.92 Å². The number of piperidine rings is 1. The lowest BCUT2D eigenvalue weighted by Crippen LogP contribution is -2.47. The van der Waals surface area contributed by atoms with Gasteiger partial charge in [-0.05, 0) is 56.0 Å². The highest BCUT2D eigenvalue weighted by atomic mass is 35.5. The van der Waals surface area contributed by atoms with Gasteiger partial charge >= 0.3 is 0 Å². The van der Waals surface area contributed by atoms with Crippen molar-refractivity contribution in [2.75, 3.05) is 13.1 Å². The normalized spacial score (nSPS) is 21.1. The molecule has 2 aromatic carbocycles. The molecule has 4 rings (SSSR count). The molecule has 178 valence electrons. The molecule has 2 aliphatic rings. The Labute approximate surface area is 201 Å². The molecule has 0 aliphatic carbocycles. The van der Waals surface area contributed by atoms with Gasteiger partial charge < -0.3 is 10.1 Å². The summed E-state index contributed by atoms with van der Waals surface area (Å²) < 4.78 is 33.7. The fraction of sp³-hybridized carbons (Fsp3) is 0.480. The van der Waals surface area contributed by atoms with Crippen LogP contribution >= 0.6 is 11.6 Å². The Balaban J connectivity index is 1.42. The minimum Gasteiger partial charge on any atom is -0.487 e. The Morgan fingerprint density at radius 2 is 1.73 bits per heavy atom. The smallest absolute Gasteiger partial charge is 0.243 e. The number of fused-ring (bicyclic) bond motifs is 1. The van der Waals surface area contributed by atoms with E-state index in [0.717, 1.165) is 30.6 Å². The molecular formula is C25H31ClN2O4S. The molecule has 0 saturated carbocycles. The van der Waals surface area contributed by atoms with E-state index in [0.29, 0.717) is 31.0 Å². The molecule has 1 atom stereocenters. The molecule has 1 amide bonds. The summed E-state index contributed by atoms with van der Waals surface area (Å²) in [5.41, 5.74) is 0.716. The zero-order valence-electron chi connectivity index (χ0n) is 19.1. The molecule has 6 nitrogen and oxygen atoms in total. The van der Waals surface area contributed by atoms with Crippen molar-refractivity contribution in [3.8, 4) is 5.75 Å². The summed E-state index contributed by atoms with van der Waals surface area (Å²) in [6, 6.07) is 14.0. The highest BCUT2D eigenvalue weighted by Crippen LogP contribution is 2.42. The van der Waals surface area contributed by atoms with Crippen molar-refractivity contribution in [2.45, 2.75) is 62.5 Å². The predicted octanol–water partition coefficient (Wildman–Crippen LogP) is 4.94. The lowest BCUT2D eigenvalue weighted by atomic mass is 9.83. The summed E-state index contributed by atoms with van der Waals surface area (Å²) in [7, 11) is -3.59. The average Bonchev–Trinajstić information content (AvgIpc) is 2.84. The van der Waals surface area contributed by atoms with Gasteiger partial charge in [0, 0.05) is 36.0 Å². The summed E-state index contributed by atoms with van der Waals surface area (Å²) in [6.07, 6.45) is 3.45. The monoisotopic (exact) mass is 490 g/mol. The predicted molar refractivity (Wildman–Crippen MR) is 129 cm³/mol. The zero-order valence-corrected chi connectivity index (χ0v) is 20.7. The number of halogens is 1. The third-order valence-electron chi connectivity index (χ3n) is 7.08. The number of hydrogen-bond acceptors (Lipinski definition) is 4. The fourth-order valence-electron chi connectivity index (χ4n) is 4.83. The van der Waals surface area contributed by atoms with Gasteiger partial charge in [0.1, 0.15) is 11.4 Å². The van der Waals surface area contributed by atoms with Crippen LogP contribution in [0.15, 0.2) is 53.4 Å². The Bertz CT molecular complexity index is 1090. The number of carbonyl (C=O) groups excluding carboxylic acids is 1. The van der Waals surface area contributed by atoms with Crippen LogP contribution in [0.5, 0.6) is 5.75 Å². The Kier molecular flexibility index (Phi) is 7.03. The summed E-state index contributed by atoms with van der Waals surface area (Å²) in [4.78, 5) is 13.4. The molecule has 0 bridgehead atoms. The standard InChI is InChI=1S/C25H31ClN2O4S/c1-3-25(4-2)17-22(21-7-5-6-8-23(21)32-25)27-24(29)18-13-15-28(16-14-18)33(30,31)20-11-9-19(26)10-12-20/h5-12,18,22H,3-4,13-17H2,1-2H3,(H,27,29). The minimum absolute atomic E-state index is 0.0126. The average molecular weight is 491 g/mol. The summed E-state index contributed by atoms with van der Waals surface area (Å²) in [5, 5.41) is 3.75. The second-order valence-electron chi connectivity index (χ2n) is 8.93. The number of hydrogen-bond donors (Lipinski definition) is 1. The lowest BCUT2D eigenvalue weighted by molar-refractivity contribution is -0.127. The van der Waals surface area contributed by atoms with E-state index in [1.165, 1.54) is 16.4 Å². The number of nitrogens with zero attached hydrogens (tertiary/aromatic N) is 1. The van der Waals surface area contributed by atoms with Gasteiger partial charge in [0.25, 0.3) is 0 Å². The number of carbonyl (C=O) groups is 1. The van der Waals surface area contributed by atoms with E-state index < -0.39 is 10.0 Å². The van der Waals surface area contributed by atoms with Gasteiger partial charge in [-0.25, -0.2) is 8.42 Å². The molecule has 2 heterocycles. The van der Waals surface area contributed by atoms with E-state index in [4.69, 9.17) is 16.3 Å². The molecule has 0 aromatic heterocycles. The van der Waals surface area contributed by atoms with Gasteiger partial charge in [-0.1, -0.05) is 43.6 Å². The first-order valence-corrected chi connectivity index (χ1v) is 13.4. The maximum atomic E-state index is 13.2. The number of benzene rings is 2. The lowest BCUT2D eigenvalue weighted by Gasteiger charge is -2.42. The molecule has 1 saturated heterocycles. The van der Waals surface area contributed by atoms with E-state index in [9.17, 15) is 13.2 Å². The minimum atomic E-state index is -3.59. The zero-order chi connectivity index (χ0) is 23.6. The van der Waals surface area contributed by atoms with Crippen LogP contribution in [-0.2, 0) is 14.8 Å². The number of amides is 1. The Hall–Kier alpha value is -2.09. The maximum Gasteiger partial charge on any atom is 0.243 e. The highest BCUT2D eigenvalue weighted by Gasteiger charge is 2.40. The van der Waals surface area contributed by atoms with Crippen molar-refractivity contribution in [3.05, 3.63) is 59.1 Å². The van der Waals surface area contributed by atoms with E-state index in [2.05, 4.69) is 19.2 Å². The molecule has 2 aromatic rings. The van der Waals surface area contributed by atoms with Crippen molar-refractivity contribution < 1.29 is 17.9 Å². The summed E-state index contributed by atoms with van der Waals surface area (Å²) in [5.74, 6) is 0.609. The fourth-order valence-corrected chi connectivity index (χ4v) is 6.43. The van der Waals surface area contributed by atoms with Crippen LogP contribution in [0.3, 0.4) is 0 Å². The van der Waals surface area contributed by atoms with Crippen LogP contribution in [-0.4, -0.2) is 37.3 Å². The number of rotatable bonds is 6. The van der Waals surface area contributed by atoms with Crippen LogP contribution in [0.2, 0.25) is 5.02 Å². The number of nitrogens with one attached hydrogen (secondary N) is 1. The second-order valence-corrected chi connectivity index (χ2v) is 11.3. The van der Waals surface area contributed by atoms with Crippen LogP contribution in [0.1, 0.15) is 57.6 Å². The van der Waals surface area contributed by atoms with E-state index >= 15 is 0 Å². The van der Waals surface area contributed by atoms with E-state index in [1.54, 1.807) is 12.1 Å². The van der Waals surface area contributed by atoms with Crippen LogP contribution in [0.4, 0.5) is 0 Å². The van der Waals surface area contributed by atoms with Gasteiger partial charge in [-0.2, -0.15) is 4.31 Å². The molecule has 2 aliphatic heterocycles. The van der Waals surface area contributed by atoms with Crippen LogP contribution in [0, 0.1) is 5.92 Å². The first-order valence-electron chi connectivity index (χ1n) is 11.6. The van der Waals surface area contributed by atoms with Crippen molar-refractivity contribution in [3.63, 3.8) is 0 Å². The van der Waals surface area contributed by atoms with Crippen molar-refractivity contribution in [1.29, 1.82) is 0 Å². The first-order chi connectivity index (χ1) is 15.8. The third kappa shape index (κ3) is 4.91. The summed E-state index contributed by atoms with van der Waals surface area (Å²) >= 11 is 5.89. The molecule has 33 heavy (non-hydrogen) atoms. The van der Waals surface area contributed by atoms with Crippen LogP contribution in [0.25, 0.3) is 0 Å². The third-order valence-corrected chi connectivity index (χ3v) is 9.24. The van der Waals surface area contributed by atoms with Gasteiger partial charge in [0.05, 0.1) is 10.9 Å².